The first-order valence-corrected chi connectivity index (χ1v) is 4.54. The van der Waals surface area contributed by atoms with E-state index in [0.29, 0.717) is 5.69 Å². The molecule has 0 spiro atoms. The number of nitrogens with two attached hydrogens (primary N) is 1. The Kier molecular flexibility index (Phi) is 2.76. The van der Waals surface area contributed by atoms with Crippen molar-refractivity contribution in [2.24, 2.45) is 0 Å². The molecule has 0 saturated carbocycles. The Morgan fingerprint density at radius 1 is 1.46 bits per heavy atom. The summed E-state index contributed by atoms with van der Waals surface area (Å²) in [6, 6.07) is 1.60. The number of rotatable bonds is 2. The van der Waals surface area contributed by atoms with E-state index in [-0.39, 0.29) is 5.43 Å². The van der Waals surface area contributed by atoms with Gasteiger partial charge in [-0.05, 0) is 20.3 Å². The molecule has 0 bridgehead atoms. The second-order valence-electron chi connectivity index (χ2n) is 3.30. The van der Waals surface area contributed by atoms with Crippen molar-refractivity contribution in [1.29, 1.82) is 0 Å². The predicted molar refractivity (Wildman–Crippen MR) is 54.9 cm³/mol. The molecule has 0 saturated heterocycles. The summed E-state index contributed by atoms with van der Waals surface area (Å²) in [6.45, 7) is 6.85. The van der Waals surface area contributed by atoms with Gasteiger partial charge >= 0.3 is 0 Å². The average Bonchev–Trinajstić information content (AvgIpc) is 2.09. The van der Waals surface area contributed by atoms with E-state index in [1.807, 2.05) is 13.8 Å². The van der Waals surface area contributed by atoms with Gasteiger partial charge in [0, 0.05) is 24.0 Å². The van der Waals surface area contributed by atoms with E-state index in [2.05, 4.69) is 11.5 Å². The second kappa shape index (κ2) is 3.64. The number of nitrogen functional groups attached to an aromatic ring is 1. The van der Waals surface area contributed by atoms with Gasteiger partial charge in [-0.3, -0.25) is 4.79 Å². The summed E-state index contributed by atoms with van der Waals surface area (Å²) in [5.41, 5.74) is 7.82. The molecule has 0 atom stereocenters. The van der Waals surface area contributed by atoms with Crippen LogP contribution in [-0.4, -0.2) is 4.57 Å². The van der Waals surface area contributed by atoms with Gasteiger partial charge in [0.15, 0.2) is 0 Å². The molecule has 1 heterocycles. The van der Waals surface area contributed by atoms with E-state index in [1.54, 1.807) is 6.07 Å². The molecular formula is C10H16N2O. The Labute approximate surface area is 78.2 Å². The van der Waals surface area contributed by atoms with E-state index < -0.39 is 0 Å². The van der Waals surface area contributed by atoms with Crippen LogP contribution in [0.25, 0.3) is 0 Å². The van der Waals surface area contributed by atoms with Gasteiger partial charge in [-0.25, -0.2) is 0 Å². The average molecular weight is 180 g/mol. The summed E-state index contributed by atoms with van der Waals surface area (Å²) in [7, 11) is 0. The summed E-state index contributed by atoms with van der Waals surface area (Å²) < 4.78 is 2.08. The maximum atomic E-state index is 11.3. The van der Waals surface area contributed by atoms with Crippen LogP contribution in [0.5, 0.6) is 0 Å². The number of nitrogens with zero attached hydrogens (tertiary/aromatic N) is 1. The minimum atomic E-state index is -0.0673. The largest absolute Gasteiger partial charge is 0.394 e. The van der Waals surface area contributed by atoms with Gasteiger partial charge in [0.1, 0.15) is 0 Å². The zero-order valence-electron chi connectivity index (χ0n) is 8.42. The van der Waals surface area contributed by atoms with Crippen molar-refractivity contribution in [2.45, 2.75) is 33.7 Å². The van der Waals surface area contributed by atoms with Crippen molar-refractivity contribution >= 4 is 5.69 Å². The Bertz CT molecular complexity index is 366. The van der Waals surface area contributed by atoms with Crippen molar-refractivity contribution < 1.29 is 0 Å². The molecule has 0 radical (unpaired) electrons. The number of aryl methyl sites for hydroxylation is 1. The normalized spacial score (nSPS) is 10.4. The first-order chi connectivity index (χ1) is 6.07. The summed E-state index contributed by atoms with van der Waals surface area (Å²) in [5.74, 6) is 0. The number of aromatic nitrogens is 1. The molecule has 0 unspecified atom stereocenters. The van der Waals surface area contributed by atoms with Crippen LogP contribution < -0.4 is 11.2 Å². The van der Waals surface area contributed by atoms with Gasteiger partial charge in [0.05, 0.1) is 5.69 Å². The zero-order valence-corrected chi connectivity index (χ0v) is 8.42. The third-order valence-corrected chi connectivity index (χ3v) is 2.27. The van der Waals surface area contributed by atoms with Crippen LogP contribution >= 0.6 is 0 Å². The van der Waals surface area contributed by atoms with Crippen LogP contribution in [-0.2, 0) is 6.54 Å². The molecule has 0 aliphatic rings. The molecule has 72 valence electrons. The lowest BCUT2D eigenvalue weighted by Crippen LogP contribution is -2.18. The van der Waals surface area contributed by atoms with Gasteiger partial charge in [0.2, 0.25) is 5.43 Å². The topological polar surface area (TPSA) is 48.0 Å². The first kappa shape index (κ1) is 9.84. The molecule has 1 aromatic heterocycles. The third kappa shape index (κ3) is 1.74. The van der Waals surface area contributed by atoms with Crippen molar-refractivity contribution in [3.8, 4) is 0 Å². The van der Waals surface area contributed by atoms with Crippen molar-refractivity contribution in [3.63, 3.8) is 0 Å². The molecule has 0 fully saturated rings. The molecule has 1 rings (SSSR count). The Hall–Kier alpha value is -1.25. The fourth-order valence-corrected chi connectivity index (χ4v) is 1.50. The van der Waals surface area contributed by atoms with Gasteiger partial charge in [-0.15, -0.1) is 0 Å². The molecule has 2 N–H and O–H groups in total. The van der Waals surface area contributed by atoms with Crippen LogP contribution in [0.1, 0.15) is 24.7 Å². The maximum Gasteiger partial charge on any atom is 0.204 e. The lowest BCUT2D eigenvalue weighted by atomic mass is 10.2. The third-order valence-electron chi connectivity index (χ3n) is 2.27. The highest BCUT2D eigenvalue weighted by Gasteiger charge is 2.05. The highest BCUT2D eigenvalue weighted by molar-refractivity contribution is 5.43. The van der Waals surface area contributed by atoms with Crippen LogP contribution in [0, 0.1) is 13.8 Å². The van der Waals surface area contributed by atoms with E-state index >= 15 is 0 Å². The standard InChI is InChI=1S/C10H16N2O/c1-4-5-12-7(2)6-9(13)10(11)8(12)3/h6H,4-5,11H2,1-3H3. The summed E-state index contributed by atoms with van der Waals surface area (Å²) in [6.07, 6.45) is 1.05. The van der Waals surface area contributed by atoms with Crippen LogP contribution in [0.15, 0.2) is 10.9 Å². The summed E-state index contributed by atoms with van der Waals surface area (Å²) >= 11 is 0. The quantitative estimate of drug-likeness (QED) is 0.749. The highest BCUT2D eigenvalue weighted by Crippen LogP contribution is 2.09. The summed E-state index contributed by atoms with van der Waals surface area (Å²) in [4.78, 5) is 11.3. The molecule has 1 aromatic rings. The Morgan fingerprint density at radius 3 is 2.62 bits per heavy atom. The van der Waals surface area contributed by atoms with Crippen LogP contribution in [0.4, 0.5) is 5.69 Å². The van der Waals surface area contributed by atoms with Gasteiger partial charge in [-0.1, -0.05) is 6.92 Å². The van der Waals surface area contributed by atoms with Crippen molar-refractivity contribution in [2.75, 3.05) is 5.73 Å². The minimum Gasteiger partial charge on any atom is -0.394 e. The van der Waals surface area contributed by atoms with Crippen LogP contribution in [0.2, 0.25) is 0 Å². The first-order valence-electron chi connectivity index (χ1n) is 4.54. The Balaban J connectivity index is 3.35. The number of anilines is 1. The molecule has 0 aromatic carbocycles. The fourth-order valence-electron chi connectivity index (χ4n) is 1.50. The lowest BCUT2D eigenvalue weighted by molar-refractivity contribution is 0.637. The molecular weight excluding hydrogens is 164 g/mol. The van der Waals surface area contributed by atoms with Gasteiger partial charge in [0.25, 0.3) is 0 Å². The fraction of sp³-hybridized carbons (Fsp3) is 0.500. The maximum absolute atomic E-state index is 11.3. The van der Waals surface area contributed by atoms with E-state index in [0.717, 1.165) is 24.4 Å². The number of pyridine rings is 1. The molecule has 0 amide bonds. The lowest BCUT2D eigenvalue weighted by Gasteiger charge is -2.14. The van der Waals surface area contributed by atoms with Gasteiger partial charge < -0.3 is 10.3 Å². The molecule has 13 heavy (non-hydrogen) atoms. The smallest absolute Gasteiger partial charge is 0.204 e. The molecule has 0 aliphatic heterocycles. The second-order valence-corrected chi connectivity index (χ2v) is 3.30. The zero-order chi connectivity index (χ0) is 10.0. The van der Waals surface area contributed by atoms with E-state index in [1.165, 1.54) is 0 Å². The predicted octanol–water partition coefficient (Wildman–Crippen LogP) is 1.46. The Morgan fingerprint density at radius 2 is 2.08 bits per heavy atom. The number of hydrogen-bond donors (Lipinski definition) is 1. The highest BCUT2D eigenvalue weighted by atomic mass is 16.1. The number of hydrogen-bond acceptors (Lipinski definition) is 2. The summed E-state index contributed by atoms with van der Waals surface area (Å²) in [5, 5.41) is 0. The van der Waals surface area contributed by atoms with Crippen LogP contribution in [0.3, 0.4) is 0 Å². The van der Waals surface area contributed by atoms with E-state index in [4.69, 9.17) is 5.73 Å². The molecule has 0 aliphatic carbocycles. The van der Waals surface area contributed by atoms with E-state index in [9.17, 15) is 4.79 Å². The van der Waals surface area contributed by atoms with Crippen molar-refractivity contribution in [3.05, 3.63) is 27.7 Å². The molecule has 3 nitrogen and oxygen atoms in total. The molecule has 3 heteroatoms. The van der Waals surface area contributed by atoms with Gasteiger partial charge in [-0.2, -0.15) is 0 Å². The SMILES string of the molecule is CCCn1c(C)cc(=O)c(N)c1C. The monoisotopic (exact) mass is 180 g/mol. The minimum absolute atomic E-state index is 0.0673. The van der Waals surface area contributed by atoms with Crippen molar-refractivity contribution in [1.82, 2.24) is 4.57 Å².